The van der Waals surface area contributed by atoms with Gasteiger partial charge in [0.15, 0.2) is 5.75 Å². The van der Waals surface area contributed by atoms with Crippen LogP contribution in [0.5, 0.6) is 11.5 Å². The van der Waals surface area contributed by atoms with E-state index in [1.54, 1.807) is 0 Å². The van der Waals surface area contributed by atoms with Crippen LogP contribution in [0.2, 0.25) is 0 Å². The van der Waals surface area contributed by atoms with Gasteiger partial charge >= 0.3 is 0 Å². The summed E-state index contributed by atoms with van der Waals surface area (Å²) in [5, 5.41) is 2.95. The molecule has 1 N–H and O–H groups in total. The van der Waals surface area contributed by atoms with Crippen LogP contribution in [0.1, 0.15) is 13.3 Å². The van der Waals surface area contributed by atoms with Crippen LogP contribution in [0.3, 0.4) is 0 Å². The van der Waals surface area contributed by atoms with Crippen molar-refractivity contribution in [3.8, 4) is 11.5 Å². The molecule has 6 nitrogen and oxygen atoms in total. The zero-order valence-corrected chi connectivity index (χ0v) is 16.7. The maximum absolute atomic E-state index is 12.7. The predicted octanol–water partition coefficient (Wildman–Crippen LogP) is 3.22. The third-order valence-corrected chi connectivity index (χ3v) is 5.69. The largest absolute Gasteiger partial charge is 0.455 e. The molecule has 6 heteroatoms. The van der Waals surface area contributed by atoms with Gasteiger partial charge in [-0.2, -0.15) is 0 Å². The monoisotopic (exact) mass is 393 g/mol. The number of hydrogen-bond donors (Lipinski definition) is 1. The van der Waals surface area contributed by atoms with Crippen molar-refractivity contribution in [2.45, 2.75) is 13.3 Å². The lowest BCUT2D eigenvalue weighted by atomic mass is 10.2. The molecule has 2 aromatic carbocycles. The van der Waals surface area contributed by atoms with Gasteiger partial charge in [-0.25, -0.2) is 0 Å². The Kier molecular flexibility index (Phi) is 5.81. The first-order valence-corrected chi connectivity index (χ1v) is 10.3. The van der Waals surface area contributed by atoms with Crippen molar-refractivity contribution in [1.82, 2.24) is 9.80 Å². The van der Waals surface area contributed by atoms with Crippen molar-refractivity contribution in [3.63, 3.8) is 0 Å². The second-order valence-electron chi connectivity index (χ2n) is 7.61. The zero-order valence-electron chi connectivity index (χ0n) is 16.7. The van der Waals surface area contributed by atoms with Gasteiger partial charge < -0.3 is 19.9 Å². The molecular weight excluding hydrogens is 366 g/mol. The third kappa shape index (κ3) is 4.59. The summed E-state index contributed by atoms with van der Waals surface area (Å²) in [6, 6.07) is 16.8. The van der Waals surface area contributed by atoms with Crippen molar-refractivity contribution in [2.75, 3.05) is 38.0 Å². The molecule has 0 spiro atoms. The van der Waals surface area contributed by atoms with Gasteiger partial charge in [0.2, 0.25) is 11.8 Å². The van der Waals surface area contributed by atoms with Crippen LogP contribution in [-0.2, 0) is 9.59 Å². The van der Waals surface area contributed by atoms with Gasteiger partial charge in [-0.1, -0.05) is 37.3 Å². The number of hydrogen-bond acceptors (Lipinski definition) is 4. The maximum atomic E-state index is 12.7. The number of rotatable bonds is 6. The number of piperazine rings is 1. The summed E-state index contributed by atoms with van der Waals surface area (Å²) in [5.41, 5.74) is 0.621. The number of nitrogens with one attached hydrogen (secondary N) is 1. The lowest BCUT2D eigenvalue weighted by Gasteiger charge is -2.34. The molecule has 2 aromatic rings. The van der Waals surface area contributed by atoms with E-state index < -0.39 is 0 Å². The van der Waals surface area contributed by atoms with Gasteiger partial charge in [-0.15, -0.1) is 0 Å². The van der Waals surface area contributed by atoms with Crippen LogP contribution in [0, 0.1) is 11.8 Å². The quantitative estimate of drug-likeness (QED) is 0.819. The van der Waals surface area contributed by atoms with E-state index in [1.807, 2.05) is 59.5 Å². The molecule has 2 unspecified atom stereocenters. The summed E-state index contributed by atoms with van der Waals surface area (Å²) in [7, 11) is 0. The molecule has 4 rings (SSSR count). The molecule has 1 aliphatic carbocycles. The Bertz CT molecular complexity index is 863. The number of carbonyl (C=O) groups excluding carboxylic acids is 2. The number of para-hydroxylation sites is 3. The van der Waals surface area contributed by atoms with E-state index in [4.69, 9.17) is 4.74 Å². The molecule has 0 aromatic heterocycles. The fraction of sp³-hybridized carbons (Fsp3) is 0.391. The highest BCUT2D eigenvalue weighted by Gasteiger charge is 2.49. The predicted molar refractivity (Wildman–Crippen MR) is 112 cm³/mol. The van der Waals surface area contributed by atoms with E-state index in [9.17, 15) is 9.59 Å². The molecule has 1 saturated heterocycles. The van der Waals surface area contributed by atoms with Gasteiger partial charge in [0.1, 0.15) is 5.75 Å². The summed E-state index contributed by atoms with van der Waals surface area (Å²) < 4.78 is 5.91. The van der Waals surface area contributed by atoms with Crippen LogP contribution in [0.25, 0.3) is 0 Å². The molecule has 1 saturated carbocycles. The Balaban J connectivity index is 1.34. The average molecular weight is 393 g/mol. The normalized spacial score (nSPS) is 21.5. The minimum absolute atomic E-state index is 0.111. The Labute approximate surface area is 171 Å². The van der Waals surface area contributed by atoms with Crippen LogP contribution >= 0.6 is 0 Å². The average Bonchev–Trinajstić information content (AvgIpc) is 3.56. The Morgan fingerprint density at radius 1 is 0.966 bits per heavy atom. The summed E-state index contributed by atoms with van der Waals surface area (Å²) >= 11 is 0. The number of nitrogens with zero attached hydrogens (tertiary/aromatic N) is 2. The number of amides is 2. The highest BCUT2D eigenvalue weighted by molar-refractivity contribution is 6.00. The summed E-state index contributed by atoms with van der Waals surface area (Å²) in [4.78, 5) is 29.7. The van der Waals surface area contributed by atoms with E-state index in [1.165, 1.54) is 0 Å². The minimum Gasteiger partial charge on any atom is -0.455 e. The molecule has 0 radical (unpaired) electrons. The highest BCUT2D eigenvalue weighted by atomic mass is 16.5. The van der Waals surface area contributed by atoms with E-state index >= 15 is 0 Å². The number of likely N-dealkylation sites (N-methyl/N-ethyl adjacent to an activating group) is 1. The van der Waals surface area contributed by atoms with Gasteiger partial charge in [-0.05, 0) is 37.2 Å². The Hall–Kier alpha value is -2.86. The maximum Gasteiger partial charge on any atom is 0.228 e. The van der Waals surface area contributed by atoms with Crippen molar-refractivity contribution in [2.24, 2.45) is 11.8 Å². The number of anilines is 1. The van der Waals surface area contributed by atoms with Crippen molar-refractivity contribution >= 4 is 17.5 Å². The Morgan fingerprint density at radius 3 is 2.38 bits per heavy atom. The van der Waals surface area contributed by atoms with Gasteiger partial charge in [-0.3, -0.25) is 9.59 Å². The van der Waals surface area contributed by atoms with Crippen LogP contribution in [-0.4, -0.2) is 54.3 Å². The fourth-order valence-electron chi connectivity index (χ4n) is 3.78. The molecule has 0 bridgehead atoms. The van der Waals surface area contributed by atoms with Gasteiger partial charge in [0.25, 0.3) is 0 Å². The summed E-state index contributed by atoms with van der Waals surface area (Å²) in [5.74, 6) is 0.863. The molecule has 29 heavy (non-hydrogen) atoms. The number of carbonyl (C=O) groups is 2. The van der Waals surface area contributed by atoms with Crippen molar-refractivity contribution in [1.29, 1.82) is 0 Å². The first kappa shape index (κ1) is 19.5. The SMILES string of the molecule is CCN1CCN(C(=O)C2CC2C(=O)Nc2ccccc2Oc2ccccc2)CC1. The molecule has 2 amide bonds. The first-order chi connectivity index (χ1) is 14.2. The highest BCUT2D eigenvalue weighted by Crippen LogP contribution is 2.41. The lowest BCUT2D eigenvalue weighted by molar-refractivity contribution is -0.135. The Morgan fingerprint density at radius 2 is 1.66 bits per heavy atom. The summed E-state index contributed by atoms with van der Waals surface area (Å²) in [6.07, 6.45) is 0.625. The number of ether oxygens (including phenoxy) is 1. The standard InChI is InChI=1S/C23H27N3O3/c1-2-25-12-14-26(15-13-25)23(28)19-16-18(19)22(27)24-20-10-6-7-11-21(20)29-17-8-4-3-5-9-17/h3-11,18-19H,2,12-16H2,1H3,(H,24,27). The molecule has 1 aliphatic heterocycles. The fourth-order valence-corrected chi connectivity index (χ4v) is 3.78. The molecule has 2 atom stereocenters. The van der Waals surface area contributed by atoms with Crippen LogP contribution in [0.4, 0.5) is 5.69 Å². The molecule has 1 heterocycles. The lowest BCUT2D eigenvalue weighted by Crippen LogP contribution is -2.49. The van der Waals surface area contributed by atoms with E-state index in [0.717, 1.165) is 32.7 Å². The minimum atomic E-state index is -0.253. The first-order valence-electron chi connectivity index (χ1n) is 10.3. The topological polar surface area (TPSA) is 61.9 Å². The molecule has 152 valence electrons. The summed E-state index contributed by atoms with van der Waals surface area (Å²) in [6.45, 7) is 6.49. The number of benzene rings is 2. The van der Waals surface area contributed by atoms with Crippen LogP contribution in [0.15, 0.2) is 54.6 Å². The van der Waals surface area contributed by atoms with Crippen LogP contribution < -0.4 is 10.1 Å². The third-order valence-electron chi connectivity index (χ3n) is 5.69. The van der Waals surface area contributed by atoms with E-state index in [-0.39, 0.29) is 23.7 Å². The van der Waals surface area contributed by atoms with Gasteiger partial charge in [0.05, 0.1) is 17.5 Å². The second kappa shape index (κ2) is 8.66. The van der Waals surface area contributed by atoms with E-state index in [0.29, 0.717) is 23.6 Å². The van der Waals surface area contributed by atoms with Gasteiger partial charge in [0, 0.05) is 26.2 Å². The van der Waals surface area contributed by atoms with E-state index in [2.05, 4.69) is 17.1 Å². The molecule has 2 aliphatic rings. The molecule has 2 fully saturated rings. The zero-order chi connectivity index (χ0) is 20.2. The molecular formula is C23H27N3O3. The van der Waals surface area contributed by atoms with Crippen molar-refractivity contribution < 1.29 is 14.3 Å². The van der Waals surface area contributed by atoms with Crippen molar-refractivity contribution in [3.05, 3.63) is 54.6 Å². The smallest absolute Gasteiger partial charge is 0.228 e. The second-order valence-corrected chi connectivity index (χ2v) is 7.61.